The maximum absolute atomic E-state index is 6.40. The topological polar surface area (TPSA) is 29.3 Å². The van der Waals surface area contributed by atoms with Crippen LogP contribution < -0.4 is 10.6 Å². The zero-order valence-electron chi connectivity index (χ0n) is 11.2. The normalized spacial score (nSPS) is 19.2. The number of benzene rings is 1. The molecule has 0 bridgehead atoms. The number of rotatable bonds is 2. The Hall–Kier alpha value is -0.730. The first-order valence-corrected chi connectivity index (χ1v) is 7.36. The minimum atomic E-state index is 0.0453. The fraction of sp³-hybridized carbons (Fsp3) is 0.600. The highest BCUT2D eigenvalue weighted by atomic mass is 35.5. The Morgan fingerprint density at radius 3 is 2.28 bits per heavy atom. The van der Waals surface area contributed by atoms with Crippen molar-refractivity contribution in [2.24, 2.45) is 5.73 Å². The summed E-state index contributed by atoms with van der Waals surface area (Å²) < 4.78 is 0. The van der Waals surface area contributed by atoms with Gasteiger partial charge in [-0.15, -0.1) is 0 Å². The molecule has 1 heterocycles. The summed E-state index contributed by atoms with van der Waals surface area (Å²) in [5.41, 5.74) is 8.16. The van der Waals surface area contributed by atoms with Gasteiger partial charge in [0.1, 0.15) is 0 Å². The molecule has 2 rings (SSSR count). The number of nitrogens with zero attached hydrogens (tertiary/aromatic N) is 1. The van der Waals surface area contributed by atoms with Crippen molar-refractivity contribution in [2.75, 3.05) is 18.0 Å². The summed E-state index contributed by atoms with van der Waals surface area (Å²) in [4.78, 5) is 2.42. The van der Waals surface area contributed by atoms with Crippen molar-refractivity contribution in [3.05, 3.63) is 28.8 Å². The summed E-state index contributed by atoms with van der Waals surface area (Å²) in [5.74, 6) is 0. The molecule has 1 aromatic carbocycles. The van der Waals surface area contributed by atoms with Crippen LogP contribution >= 0.6 is 11.6 Å². The van der Waals surface area contributed by atoms with Crippen LogP contribution in [0.4, 0.5) is 5.69 Å². The van der Waals surface area contributed by atoms with Gasteiger partial charge in [-0.05, 0) is 37.5 Å². The van der Waals surface area contributed by atoms with E-state index in [0.29, 0.717) is 0 Å². The van der Waals surface area contributed by atoms with Crippen LogP contribution in [-0.4, -0.2) is 13.1 Å². The van der Waals surface area contributed by atoms with Crippen molar-refractivity contribution < 1.29 is 0 Å². The van der Waals surface area contributed by atoms with E-state index in [0.717, 1.165) is 23.7 Å². The van der Waals surface area contributed by atoms with Gasteiger partial charge in [0.15, 0.2) is 0 Å². The summed E-state index contributed by atoms with van der Waals surface area (Å²) in [6.07, 6.45) is 6.60. The smallest absolute Gasteiger partial charge is 0.0642 e. The second-order valence-electron chi connectivity index (χ2n) is 5.25. The van der Waals surface area contributed by atoms with E-state index < -0.39 is 0 Å². The minimum Gasteiger partial charge on any atom is -0.370 e. The number of nitrogens with two attached hydrogens (primary N) is 1. The molecule has 0 radical (unpaired) electrons. The summed E-state index contributed by atoms with van der Waals surface area (Å²) in [7, 11) is 0. The fourth-order valence-electron chi connectivity index (χ4n) is 2.55. The molecule has 1 saturated heterocycles. The van der Waals surface area contributed by atoms with Crippen LogP contribution in [0.5, 0.6) is 0 Å². The standard InChI is InChI=1S/C15H23ClN2/c1-12(17)13-7-8-15(14(16)11-13)18-9-5-3-2-4-6-10-18/h7-8,11-12H,2-6,9-10,17H2,1H3. The second kappa shape index (κ2) is 6.44. The van der Waals surface area contributed by atoms with Crippen molar-refractivity contribution in [2.45, 2.75) is 45.1 Å². The zero-order chi connectivity index (χ0) is 13.0. The minimum absolute atomic E-state index is 0.0453. The number of hydrogen-bond acceptors (Lipinski definition) is 2. The predicted molar refractivity (Wildman–Crippen MR) is 79.4 cm³/mol. The summed E-state index contributed by atoms with van der Waals surface area (Å²) in [5, 5.41) is 0.838. The van der Waals surface area contributed by atoms with Crippen LogP contribution in [0, 0.1) is 0 Å². The molecule has 1 atom stereocenters. The molecule has 0 spiro atoms. The van der Waals surface area contributed by atoms with Gasteiger partial charge in [-0.25, -0.2) is 0 Å². The van der Waals surface area contributed by atoms with Crippen LogP contribution in [0.1, 0.15) is 50.6 Å². The Balaban J connectivity index is 2.15. The molecule has 1 fully saturated rings. The van der Waals surface area contributed by atoms with E-state index in [-0.39, 0.29) is 6.04 Å². The van der Waals surface area contributed by atoms with Crippen molar-refractivity contribution in [1.82, 2.24) is 0 Å². The molecule has 1 aromatic rings. The summed E-state index contributed by atoms with van der Waals surface area (Å²) in [6, 6.07) is 6.29. The summed E-state index contributed by atoms with van der Waals surface area (Å²) >= 11 is 6.40. The Morgan fingerprint density at radius 1 is 1.11 bits per heavy atom. The van der Waals surface area contributed by atoms with Gasteiger partial charge < -0.3 is 10.6 Å². The zero-order valence-corrected chi connectivity index (χ0v) is 11.9. The van der Waals surface area contributed by atoms with Crippen molar-refractivity contribution in [1.29, 1.82) is 0 Å². The molecule has 0 amide bonds. The maximum Gasteiger partial charge on any atom is 0.0642 e. The molecule has 1 unspecified atom stereocenters. The fourth-order valence-corrected chi connectivity index (χ4v) is 2.86. The second-order valence-corrected chi connectivity index (χ2v) is 5.66. The van der Waals surface area contributed by atoms with Gasteiger partial charge in [-0.3, -0.25) is 0 Å². The molecule has 18 heavy (non-hydrogen) atoms. The van der Waals surface area contributed by atoms with E-state index in [1.54, 1.807) is 0 Å². The first-order chi connectivity index (χ1) is 8.68. The lowest BCUT2D eigenvalue weighted by Crippen LogP contribution is -2.27. The van der Waals surface area contributed by atoms with E-state index in [1.165, 1.54) is 37.8 Å². The van der Waals surface area contributed by atoms with Gasteiger partial charge in [-0.2, -0.15) is 0 Å². The Bertz CT molecular complexity index is 382. The van der Waals surface area contributed by atoms with Crippen molar-refractivity contribution in [3.8, 4) is 0 Å². The highest BCUT2D eigenvalue weighted by molar-refractivity contribution is 6.33. The molecule has 2 nitrogen and oxygen atoms in total. The molecule has 2 N–H and O–H groups in total. The van der Waals surface area contributed by atoms with Gasteiger partial charge in [0.25, 0.3) is 0 Å². The van der Waals surface area contributed by atoms with Gasteiger partial charge >= 0.3 is 0 Å². The average Bonchev–Trinajstić information content (AvgIpc) is 2.29. The lowest BCUT2D eigenvalue weighted by atomic mass is 10.1. The largest absolute Gasteiger partial charge is 0.370 e. The molecule has 1 aliphatic rings. The van der Waals surface area contributed by atoms with E-state index in [9.17, 15) is 0 Å². The third kappa shape index (κ3) is 3.39. The maximum atomic E-state index is 6.40. The van der Waals surface area contributed by atoms with Crippen LogP contribution in [0.3, 0.4) is 0 Å². The monoisotopic (exact) mass is 266 g/mol. The van der Waals surface area contributed by atoms with Crippen molar-refractivity contribution in [3.63, 3.8) is 0 Å². The van der Waals surface area contributed by atoms with Crippen LogP contribution in [0.25, 0.3) is 0 Å². The lowest BCUT2D eigenvalue weighted by molar-refractivity contribution is 0.556. The van der Waals surface area contributed by atoms with Gasteiger partial charge in [0, 0.05) is 19.1 Å². The van der Waals surface area contributed by atoms with Gasteiger partial charge in [-0.1, -0.05) is 36.9 Å². The molecule has 3 heteroatoms. The van der Waals surface area contributed by atoms with E-state index in [1.807, 2.05) is 13.0 Å². The number of halogens is 1. The molecule has 0 aliphatic carbocycles. The summed E-state index contributed by atoms with van der Waals surface area (Å²) in [6.45, 7) is 4.23. The third-order valence-electron chi connectivity index (χ3n) is 3.69. The quantitative estimate of drug-likeness (QED) is 0.872. The molecular formula is C15H23ClN2. The number of anilines is 1. The lowest BCUT2D eigenvalue weighted by Gasteiger charge is -2.28. The molecule has 1 aliphatic heterocycles. The van der Waals surface area contributed by atoms with Gasteiger partial charge in [0.2, 0.25) is 0 Å². The SMILES string of the molecule is CC(N)c1ccc(N2CCCCCCC2)c(Cl)c1. The van der Waals surface area contributed by atoms with E-state index in [4.69, 9.17) is 17.3 Å². The van der Waals surface area contributed by atoms with Crippen molar-refractivity contribution >= 4 is 17.3 Å². The Labute approximate surface area is 115 Å². The average molecular weight is 267 g/mol. The van der Waals surface area contributed by atoms with E-state index >= 15 is 0 Å². The highest BCUT2D eigenvalue weighted by Crippen LogP contribution is 2.30. The Morgan fingerprint density at radius 2 is 1.72 bits per heavy atom. The molecule has 100 valence electrons. The van der Waals surface area contributed by atoms with Crippen LogP contribution in [-0.2, 0) is 0 Å². The molecule has 0 saturated carbocycles. The first kappa shape index (κ1) is 13.7. The van der Waals surface area contributed by atoms with Crippen LogP contribution in [0.2, 0.25) is 5.02 Å². The predicted octanol–water partition coefficient (Wildman–Crippen LogP) is 4.13. The van der Waals surface area contributed by atoms with Crippen LogP contribution in [0.15, 0.2) is 18.2 Å². The first-order valence-electron chi connectivity index (χ1n) is 6.98. The molecule has 0 aromatic heterocycles. The molecular weight excluding hydrogens is 244 g/mol. The number of hydrogen-bond donors (Lipinski definition) is 1. The Kier molecular flexibility index (Phi) is 4.90. The van der Waals surface area contributed by atoms with E-state index in [2.05, 4.69) is 17.0 Å². The van der Waals surface area contributed by atoms with Gasteiger partial charge in [0.05, 0.1) is 10.7 Å². The third-order valence-corrected chi connectivity index (χ3v) is 4.00. The highest BCUT2D eigenvalue weighted by Gasteiger charge is 2.13.